The number of aromatic nitrogens is 2. The summed E-state index contributed by atoms with van der Waals surface area (Å²) < 4.78 is 0. The van der Waals surface area contributed by atoms with E-state index in [1.54, 1.807) is 6.33 Å². The Bertz CT molecular complexity index is 791. The number of carbonyl (C=O) groups is 1. The number of halogens is 1. The first-order valence-electron chi connectivity index (χ1n) is 8.43. The van der Waals surface area contributed by atoms with Crippen LogP contribution in [0.15, 0.2) is 24.5 Å². The van der Waals surface area contributed by atoms with Crippen LogP contribution in [0, 0.1) is 6.92 Å². The van der Waals surface area contributed by atoms with E-state index in [-0.39, 0.29) is 18.3 Å². The highest BCUT2D eigenvalue weighted by molar-refractivity contribution is 5.96. The molecule has 1 aromatic carbocycles. The number of nitrogens with zero attached hydrogens (tertiary/aromatic N) is 2. The lowest BCUT2D eigenvalue weighted by Gasteiger charge is -2.20. The van der Waals surface area contributed by atoms with Gasteiger partial charge in [-0.15, -0.1) is 12.4 Å². The van der Waals surface area contributed by atoms with Gasteiger partial charge in [0.1, 0.15) is 12.1 Å². The highest BCUT2D eigenvalue weighted by Crippen LogP contribution is 2.26. The lowest BCUT2D eigenvalue weighted by Crippen LogP contribution is -2.26. The molecule has 0 spiro atoms. The van der Waals surface area contributed by atoms with Gasteiger partial charge in [0.05, 0.1) is 5.69 Å². The summed E-state index contributed by atoms with van der Waals surface area (Å²) in [6, 6.07) is 6.11. The Balaban J connectivity index is 0.00000182. The van der Waals surface area contributed by atoms with Gasteiger partial charge in [-0.25, -0.2) is 9.97 Å². The van der Waals surface area contributed by atoms with E-state index in [0.717, 1.165) is 60.7 Å². The first-order chi connectivity index (χ1) is 11.7. The van der Waals surface area contributed by atoms with Gasteiger partial charge in [0.15, 0.2) is 0 Å². The molecule has 0 atom stereocenters. The number of fused-ring (bicyclic) bond motifs is 1. The van der Waals surface area contributed by atoms with Crippen LogP contribution in [0.1, 0.15) is 40.0 Å². The third kappa shape index (κ3) is 3.91. The normalized spacial score (nSPS) is 15.7. The first kappa shape index (κ1) is 17.6. The van der Waals surface area contributed by atoms with Gasteiger partial charge in [-0.3, -0.25) is 4.79 Å². The smallest absolute Gasteiger partial charge is 0.251 e. The Morgan fingerprint density at radius 2 is 2.12 bits per heavy atom. The van der Waals surface area contributed by atoms with Crippen LogP contribution in [-0.2, 0) is 13.0 Å². The number of anilines is 2. The first-order valence-corrected chi connectivity index (χ1v) is 8.43. The fourth-order valence-electron chi connectivity index (χ4n) is 2.91. The summed E-state index contributed by atoms with van der Waals surface area (Å²) in [6.07, 6.45) is 4.67. The molecule has 0 unspecified atom stereocenters. The molecule has 0 saturated heterocycles. The molecule has 0 radical (unpaired) electrons. The summed E-state index contributed by atoms with van der Waals surface area (Å²) in [7, 11) is 0. The zero-order chi connectivity index (χ0) is 16.5. The molecule has 132 valence electrons. The summed E-state index contributed by atoms with van der Waals surface area (Å²) in [5.41, 5.74) is 4.87. The molecular weight excluding hydrogens is 338 g/mol. The van der Waals surface area contributed by atoms with Crippen LogP contribution in [0.4, 0.5) is 11.5 Å². The van der Waals surface area contributed by atoms with E-state index in [1.807, 2.05) is 25.1 Å². The number of hydrogen-bond donors (Lipinski definition) is 3. The number of benzene rings is 1. The molecule has 1 aliphatic heterocycles. The summed E-state index contributed by atoms with van der Waals surface area (Å²) in [5, 5.41) is 9.76. The van der Waals surface area contributed by atoms with Crippen LogP contribution in [-0.4, -0.2) is 28.5 Å². The molecule has 6 nitrogen and oxygen atoms in total. The van der Waals surface area contributed by atoms with E-state index in [1.165, 1.54) is 0 Å². The fourth-order valence-corrected chi connectivity index (χ4v) is 2.91. The molecule has 25 heavy (non-hydrogen) atoms. The fraction of sp³-hybridized carbons (Fsp3) is 0.389. The Labute approximate surface area is 153 Å². The van der Waals surface area contributed by atoms with Crippen LogP contribution in [0.2, 0.25) is 0 Å². The van der Waals surface area contributed by atoms with Crippen LogP contribution in [0.25, 0.3) is 0 Å². The zero-order valence-electron chi connectivity index (χ0n) is 14.1. The van der Waals surface area contributed by atoms with Gasteiger partial charge in [-0.1, -0.05) is 6.07 Å². The predicted molar refractivity (Wildman–Crippen MR) is 99.6 cm³/mol. The van der Waals surface area contributed by atoms with E-state index >= 15 is 0 Å². The average Bonchev–Trinajstić information content (AvgIpc) is 3.41. The molecule has 2 aromatic rings. The summed E-state index contributed by atoms with van der Waals surface area (Å²) in [5.74, 6) is 0.832. The third-order valence-corrected chi connectivity index (χ3v) is 4.54. The third-order valence-electron chi connectivity index (χ3n) is 4.54. The Morgan fingerprint density at radius 1 is 1.28 bits per heavy atom. The van der Waals surface area contributed by atoms with Crippen molar-refractivity contribution >= 4 is 29.8 Å². The average molecular weight is 360 g/mol. The second kappa shape index (κ2) is 7.37. The minimum Gasteiger partial charge on any atom is -0.349 e. The lowest BCUT2D eigenvalue weighted by atomic mass is 10.1. The maximum Gasteiger partial charge on any atom is 0.251 e. The monoisotopic (exact) mass is 359 g/mol. The molecule has 2 aliphatic rings. The SMILES string of the molecule is Cc1ccc(C(=O)NC2CC2)cc1Nc1ncnc2c1CCNC2.Cl. The molecule has 3 N–H and O–H groups in total. The van der Waals surface area contributed by atoms with E-state index in [2.05, 4.69) is 25.9 Å². The van der Waals surface area contributed by atoms with Gasteiger partial charge in [-0.05, 0) is 50.4 Å². The largest absolute Gasteiger partial charge is 0.349 e. The highest BCUT2D eigenvalue weighted by atomic mass is 35.5. The standard InChI is InChI=1S/C18H21N5O.ClH/c1-11-2-3-12(18(24)22-13-4-5-13)8-15(11)23-17-14-6-7-19-9-16(14)20-10-21-17;/h2-3,8,10,13,19H,4-7,9H2,1H3,(H,22,24)(H,20,21,23);1H. The van der Waals surface area contributed by atoms with Crippen LogP contribution in [0.3, 0.4) is 0 Å². The number of amides is 1. The number of nitrogens with one attached hydrogen (secondary N) is 3. The van der Waals surface area contributed by atoms with E-state index < -0.39 is 0 Å². The predicted octanol–water partition coefficient (Wildman–Crippen LogP) is 2.49. The number of hydrogen-bond acceptors (Lipinski definition) is 5. The van der Waals surface area contributed by atoms with Crippen molar-refractivity contribution in [3.8, 4) is 0 Å². The van der Waals surface area contributed by atoms with E-state index in [4.69, 9.17) is 0 Å². The van der Waals surface area contributed by atoms with Gasteiger partial charge < -0.3 is 16.0 Å². The Kier molecular flexibility index (Phi) is 5.20. The van der Waals surface area contributed by atoms with Gasteiger partial charge in [0, 0.05) is 29.4 Å². The molecule has 0 bridgehead atoms. The van der Waals surface area contributed by atoms with Crippen molar-refractivity contribution in [3.63, 3.8) is 0 Å². The Hall–Kier alpha value is -2.18. The van der Waals surface area contributed by atoms with Crippen molar-refractivity contribution in [3.05, 3.63) is 46.9 Å². The quantitative estimate of drug-likeness (QED) is 0.781. The van der Waals surface area contributed by atoms with Crippen LogP contribution in [0.5, 0.6) is 0 Å². The maximum absolute atomic E-state index is 12.3. The van der Waals surface area contributed by atoms with Crippen molar-refractivity contribution < 1.29 is 4.79 Å². The molecule has 1 saturated carbocycles. The molecular formula is C18H22ClN5O. The van der Waals surface area contributed by atoms with Crippen molar-refractivity contribution in [1.29, 1.82) is 0 Å². The number of rotatable bonds is 4. The summed E-state index contributed by atoms with van der Waals surface area (Å²) >= 11 is 0. The number of carbonyl (C=O) groups excluding carboxylic acids is 1. The molecule has 1 aliphatic carbocycles. The van der Waals surface area contributed by atoms with Crippen molar-refractivity contribution in [2.24, 2.45) is 0 Å². The molecule has 2 heterocycles. The van der Waals surface area contributed by atoms with Crippen LogP contribution >= 0.6 is 12.4 Å². The molecule has 4 rings (SSSR count). The van der Waals surface area contributed by atoms with Crippen molar-refractivity contribution in [2.45, 2.75) is 38.8 Å². The zero-order valence-corrected chi connectivity index (χ0v) is 14.9. The van der Waals surface area contributed by atoms with Crippen molar-refractivity contribution in [1.82, 2.24) is 20.6 Å². The lowest BCUT2D eigenvalue weighted by molar-refractivity contribution is 0.0951. The molecule has 7 heteroatoms. The summed E-state index contributed by atoms with van der Waals surface area (Å²) in [6.45, 7) is 3.73. The van der Waals surface area contributed by atoms with Gasteiger partial charge in [-0.2, -0.15) is 0 Å². The minimum absolute atomic E-state index is 0. The van der Waals surface area contributed by atoms with Crippen LogP contribution < -0.4 is 16.0 Å². The highest BCUT2D eigenvalue weighted by Gasteiger charge is 2.24. The second-order valence-corrected chi connectivity index (χ2v) is 6.48. The van der Waals surface area contributed by atoms with Gasteiger partial charge >= 0.3 is 0 Å². The topological polar surface area (TPSA) is 78.9 Å². The minimum atomic E-state index is -0.00512. The van der Waals surface area contributed by atoms with E-state index in [9.17, 15) is 4.79 Å². The maximum atomic E-state index is 12.3. The summed E-state index contributed by atoms with van der Waals surface area (Å²) in [4.78, 5) is 21.0. The van der Waals surface area contributed by atoms with Gasteiger partial charge in [0.2, 0.25) is 0 Å². The Morgan fingerprint density at radius 3 is 2.92 bits per heavy atom. The number of aryl methyl sites for hydroxylation is 1. The van der Waals surface area contributed by atoms with Gasteiger partial charge in [0.25, 0.3) is 5.91 Å². The molecule has 1 amide bonds. The molecule has 1 aromatic heterocycles. The van der Waals surface area contributed by atoms with E-state index in [0.29, 0.717) is 11.6 Å². The second-order valence-electron chi connectivity index (χ2n) is 6.48. The molecule has 1 fully saturated rings. The van der Waals surface area contributed by atoms with Crippen molar-refractivity contribution in [2.75, 3.05) is 11.9 Å².